The molecule has 106 valence electrons. The van der Waals surface area contributed by atoms with Gasteiger partial charge in [0.15, 0.2) is 5.82 Å². The highest BCUT2D eigenvalue weighted by Gasteiger charge is 2.42. The molecular formula is C15H21N5. The molecular weight excluding hydrogens is 250 g/mol. The topological polar surface area (TPSA) is 55.6 Å². The highest BCUT2D eigenvalue weighted by atomic mass is 15.6. The van der Waals surface area contributed by atoms with Gasteiger partial charge in [0, 0.05) is 5.92 Å². The monoisotopic (exact) mass is 271 g/mol. The molecule has 1 N–H and O–H groups in total. The molecule has 3 rings (SSSR count). The Labute approximate surface area is 119 Å². The molecule has 5 heteroatoms. The summed E-state index contributed by atoms with van der Waals surface area (Å²) in [6.07, 6.45) is 2.24. The smallest absolute Gasteiger partial charge is 0.168 e. The van der Waals surface area contributed by atoms with Gasteiger partial charge in [0.05, 0.1) is 12.1 Å². The quantitative estimate of drug-likeness (QED) is 0.877. The van der Waals surface area contributed by atoms with E-state index in [2.05, 4.69) is 65.0 Å². The van der Waals surface area contributed by atoms with Crippen LogP contribution < -0.4 is 5.32 Å². The number of nitrogens with one attached hydrogen (secondary N) is 1. The average Bonchev–Trinajstić information content (AvgIpc) is 3.14. The van der Waals surface area contributed by atoms with E-state index in [4.69, 9.17) is 0 Å². The van der Waals surface area contributed by atoms with Gasteiger partial charge < -0.3 is 5.32 Å². The maximum absolute atomic E-state index is 4.20. The van der Waals surface area contributed by atoms with Crippen LogP contribution in [0.2, 0.25) is 0 Å². The second-order valence-corrected chi connectivity index (χ2v) is 5.48. The van der Waals surface area contributed by atoms with Crippen molar-refractivity contribution in [2.45, 2.75) is 44.7 Å². The largest absolute Gasteiger partial charge is 0.307 e. The summed E-state index contributed by atoms with van der Waals surface area (Å²) in [5, 5.41) is 15.7. The van der Waals surface area contributed by atoms with Crippen molar-refractivity contribution in [3.63, 3.8) is 0 Å². The molecule has 3 atom stereocenters. The van der Waals surface area contributed by atoms with Gasteiger partial charge in [0.2, 0.25) is 0 Å². The van der Waals surface area contributed by atoms with E-state index in [1.807, 2.05) is 4.68 Å². The summed E-state index contributed by atoms with van der Waals surface area (Å²) in [6, 6.07) is 11.2. The zero-order valence-electron chi connectivity index (χ0n) is 12.0. The molecule has 0 aliphatic heterocycles. The van der Waals surface area contributed by atoms with Gasteiger partial charge in [-0.1, -0.05) is 37.3 Å². The van der Waals surface area contributed by atoms with E-state index in [1.54, 1.807) is 0 Å². The van der Waals surface area contributed by atoms with Crippen molar-refractivity contribution in [1.82, 2.24) is 25.5 Å². The molecule has 1 heterocycles. The van der Waals surface area contributed by atoms with Crippen LogP contribution in [0.25, 0.3) is 0 Å². The lowest BCUT2D eigenvalue weighted by molar-refractivity contribution is 0.487. The van der Waals surface area contributed by atoms with E-state index in [0.717, 1.165) is 25.2 Å². The first kappa shape index (κ1) is 13.2. The number of tetrazole rings is 1. The maximum Gasteiger partial charge on any atom is 0.168 e. The number of hydrogen-bond acceptors (Lipinski definition) is 4. The van der Waals surface area contributed by atoms with Gasteiger partial charge in [-0.3, -0.25) is 0 Å². The van der Waals surface area contributed by atoms with E-state index in [1.165, 1.54) is 5.56 Å². The van der Waals surface area contributed by atoms with E-state index in [-0.39, 0.29) is 6.04 Å². The first-order valence-corrected chi connectivity index (χ1v) is 7.37. The fourth-order valence-electron chi connectivity index (χ4n) is 2.68. The summed E-state index contributed by atoms with van der Waals surface area (Å²) in [4.78, 5) is 0. The zero-order chi connectivity index (χ0) is 13.9. The molecule has 0 bridgehead atoms. The first-order valence-electron chi connectivity index (χ1n) is 7.37. The molecule has 1 aliphatic rings. The molecule has 1 aromatic heterocycles. The fourth-order valence-corrected chi connectivity index (χ4v) is 2.68. The van der Waals surface area contributed by atoms with Gasteiger partial charge in [0.1, 0.15) is 0 Å². The van der Waals surface area contributed by atoms with Crippen molar-refractivity contribution >= 4 is 0 Å². The minimum absolute atomic E-state index is 0.196. The molecule has 0 radical (unpaired) electrons. The predicted molar refractivity (Wildman–Crippen MR) is 77.4 cm³/mol. The molecule has 20 heavy (non-hydrogen) atoms. The van der Waals surface area contributed by atoms with Gasteiger partial charge in [-0.25, -0.2) is 4.68 Å². The highest BCUT2D eigenvalue weighted by molar-refractivity contribution is 5.27. The van der Waals surface area contributed by atoms with E-state index < -0.39 is 0 Å². The molecule has 5 nitrogen and oxygen atoms in total. The van der Waals surface area contributed by atoms with Crippen molar-refractivity contribution in [1.29, 1.82) is 0 Å². The lowest BCUT2D eigenvalue weighted by Crippen LogP contribution is -2.23. The Kier molecular flexibility index (Phi) is 3.78. The summed E-state index contributed by atoms with van der Waals surface area (Å²) < 4.78 is 2.00. The van der Waals surface area contributed by atoms with Gasteiger partial charge in [-0.05, 0) is 42.3 Å². The molecule has 2 aromatic rings. The van der Waals surface area contributed by atoms with Crippen LogP contribution in [0.1, 0.15) is 56.1 Å². The van der Waals surface area contributed by atoms with Crippen LogP contribution in [0, 0.1) is 0 Å². The van der Waals surface area contributed by atoms with Gasteiger partial charge in [0.25, 0.3) is 0 Å². The molecule has 1 fully saturated rings. The standard InChI is InChI=1S/C15H21N5/c1-3-9-16-11(2)15-17-18-19-20(15)14-10-13(14)12-7-5-4-6-8-12/h4-8,11,13-14,16H,3,9-10H2,1-2H3. The molecule has 1 saturated carbocycles. The van der Waals surface area contributed by atoms with Crippen molar-refractivity contribution in [2.24, 2.45) is 0 Å². The molecule has 1 aliphatic carbocycles. The summed E-state index contributed by atoms with van der Waals surface area (Å²) in [7, 11) is 0. The van der Waals surface area contributed by atoms with Crippen LogP contribution >= 0.6 is 0 Å². The third kappa shape index (κ3) is 2.58. The Hall–Kier alpha value is -1.75. The lowest BCUT2D eigenvalue weighted by atomic mass is 10.1. The first-order chi connectivity index (χ1) is 9.81. The Bertz CT molecular complexity index is 550. The minimum Gasteiger partial charge on any atom is -0.307 e. The van der Waals surface area contributed by atoms with Crippen LogP contribution in [0.5, 0.6) is 0 Å². The SMILES string of the molecule is CCCNC(C)c1nnnn1C1CC1c1ccccc1. The van der Waals surface area contributed by atoms with Crippen LogP contribution in [0.3, 0.4) is 0 Å². The number of rotatable bonds is 6. The molecule has 0 spiro atoms. The number of aromatic nitrogens is 4. The van der Waals surface area contributed by atoms with Crippen LogP contribution in [0.4, 0.5) is 0 Å². The Morgan fingerprint density at radius 3 is 2.90 bits per heavy atom. The summed E-state index contributed by atoms with van der Waals surface area (Å²) >= 11 is 0. The van der Waals surface area contributed by atoms with E-state index in [9.17, 15) is 0 Å². The van der Waals surface area contributed by atoms with E-state index >= 15 is 0 Å². The predicted octanol–water partition coefficient (Wildman–Crippen LogP) is 2.46. The van der Waals surface area contributed by atoms with Gasteiger partial charge in [-0.2, -0.15) is 0 Å². The lowest BCUT2D eigenvalue weighted by Gasteiger charge is -2.12. The Balaban J connectivity index is 1.72. The van der Waals surface area contributed by atoms with Crippen LogP contribution in [-0.4, -0.2) is 26.8 Å². The highest BCUT2D eigenvalue weighted by Crippen LogP contribution is 2.51. The second-order valence-electron chi connectivity index (χ2n) is 5.48. The van der Waals surface area contributed by atoms with Crippen LogP contribution in [0.15, 0.2) is 30.3 Å². The number of benzene rings is 1. The van der Waals surface area contributed by atoms with Gasteiger partial charge in [-0.15, -0.1) is 5.10 Å². The summed E-state index contributed by atoms with van der Waals surface area (Å²) in [5.41, 5.74) is 1.38. The van der Waals surface area contributed by atoms with E-state index in [0.29, 0.717) is 12.0 Å². The minimum atomic E-state index is 0.196. The average molecular weight is 271 g/mol. The maximum atomic E-state index is 4.20. The fraction of sp³-hybridized carbons (Fsp3) is 0.533. The summed E-state index contributed by atoms with van der Waals surface area (Å²) in [5.74, 6) is 1.50. The number of nitrogens with zero attached hydrogens (tertiary/aromatic N) is 4. The molecule has 0 amide bonds. The van der Waals surface area contributed by atoms with Crippen molar-refractivity contribution < 1.29 is 0 Å². The third-order valence-corrected chi connectivity index (χ3v) is 3.90. The molecule has 1 aromatic carbocycles. The van der Waals surface area contributed by atoms with Crippen LogP contribution in [-0.2, 0) is 0 Å². The second kappa shape index (κ2) is 5.71. The number of hydrogen-bond donors (Lipinski definition) is 1. The normalized spacial score (nSPS) is 22.7. The summed E-state index contributed by atoms with van der Waals surface area (Å²) in [6.45, 7) is 5.27. The third-order valence-electron chi connectivity index (χ3n) is 3.90. The Morgan fingerprint density at radius 1 is 1.35 bits per heavy atom. The van der Waals surface area contributed by atoms with Gasteiger partial charge >= 0.3 is 0 Å². The zero-order valence-corrected chi connectivity index (χ0v) is 12.0. The molecule has 0 saturated heterocycles. The Morgan fingerprint density at radius 2 is 2.15 bits per heavy atom. The van der Waals surface area contributed by atoms with Crippen molar-refractivity contribution in [3.05, 3.63) is 41.7 Å². The van der Waals surface area contributed by atoms with Crippen molar-refractivity contribution in [2.75, 3.05) is 6.54 Å². The van der Waals surface area contributed by atoms with Crippen molar-refractivity contribution in [3.8, 4) is 0 Å². The molecule has 3 unspecified atom stereocenters.